The fraction of sp³-hybridized carbons (Fsp3) is 0.462. The molecule has 1 aliphatic heterocycles. The second kappa shape index (κ2) is 4.16. The van der Waals surface area contributed by atoms with E-state index in [0.717, 1.165) is 24.1 Å². The highest BCUT2D eigenvalue weighted by Crippen LogP contribution is 2.26. The predicted octanol–water partition coefficient (Wildman–Crippen LogP) is 2.39. The third-order valence-corrected chi connectivity index (χ3v) is 2.94. The van der Waals surface area contributed by atoms with Crippen LogP contribution in [0.2, 0.25) is 0 Å². The van der Waals surface area contributed by atoms with E-state index >= 15 is 0 Å². The van der Waals surface area contributed by atoms with Gasteiger partial charge in [0.2, 0.25) is 0 Å². The monoisotopic (exact) mass is 219 g/mol. The van der Waals surface area contributed by atoms with Crippen LogP contribution in [0.1, 0.15) is 36.2 Å². The molecule has 1 amide bonds. The second-order valence-electron chi connectivity index (χ2n) is 4.75. The van der Waals surface area contributed by atoms with E-state index in [9.17, 15) is 9.90 Å². The molecule has 0 aromatic heterocycles. The van der Waals surface area contributed by atoms with Crippen LogP contribution in [-0.4, -0.2) is 22.5 Å². The van der Waals surface area contributed by atoms with Gasteiger partial charge in [-0.05, 0) is 36.1 Å². The van der Waals surface area contributed by atoms with E-state index in [1.807, 2.05) is 4.90 Å². The Balaban J connectivity index is 2.11. The minimum Gasteiger partial charge on any atom is -0.508 e. The molecule has 0 radical (unpaired) electrons. The van der Waals surface area contributed by atoms with Gasteiger partial charge >= 0.3 is 0 Å². The zero-order valence-corrected chi connectivity index (χ0v) is 9.73. The Morgan fingerprint density at radius 1 is 1.44 bits per heavy atom. The lowest BCUT2D eigenvalue weighted by molar-refractivity contribution is 0.0771. The highest BCUT2D eigenvalue weighted by Gasteiger charge is 2.26. The number of fused-ring (bicyclic) bond motifs is 1. The lowest BCUT2D eigenvalue weighted by atomic mass is 10.1. The average molecular weight is 219 g/mol. The number of hydrogen-bond acceptors (Lipinski definition) is 2. The summed E-state index contributed by atoms with van der Waals surface area (Å²) in [4.78, 5) is 13.8. The average Bonchev–Trinajstić information content (AvgIpc) is 2.52. The molecule has 0 atom stereocenters. The van der Waals surface area contributed by atoms with E-state index in [1.165, 1.54) is 0 Å². The Morgan fingerprint density at radius 3 is 2.88 bits per heavy atom. The van der Waals surface area contributed by atoms with Gasteiger partial charge in [0.05, 0.1) is 0 Å². The summed E-state index contributed by atoms with van der Waals surface area (Å²) in [5, 5.41) is 9.36. The molecule has 86 valence electrons. The Kier molecular flexibility index (Phi) is 2.86. The number of aromatic hydroxyl groups is 1. The van der Waals surface area contributed by atoms with E-state index in [0.29, 0.717) is 12.5 Å². The van der Waals surface area contributed by atoms with Crippen LogP contribution in [0.4, 0.5) is 0 Å². The van der Waals surface area contributed by atoms with Crippen molar-refractivity contribution in [3.05, 3.63) is 29.3 Å². The molecular formula is C13H17NO2. The fourth-order valence-electron chi connectivity index (χ4n) is 1.96. The predicted molar refractivity (Wildman–Crippen MR) is 62.3 cm³/mol. The van der Waals surface area contributed by atoms with Crippen molar-refractivity contribution in [2.24, 2.45) is 5.92 Å². The van der Waals surface area contributed by atoms with Crippen LogP contribution in [0, 0.1) is 5.92 Å². The maximum absolute atomic E-state index is 12.0. The third-order valence-electron chi connectivity index (χ3n) is 2.94. The fourth-order valence-corrected chi connectivity index (χ4v) is 1.96. The van der Waals surface area contributed by atoms with Gasteiger partial charge in [-0.3, -0.25) is 4.79 Å². The van der Waals surface area contributed by atoms with Gasteiger partial charge in [-0.15, -0.1) is 0 Å². The highest BCUT2D eigenvalue weighted by molar-refractivity contribution is 5.98. The van der Waals surface area contributed by atoms with Crippen LogP contribution < -0.4 is 0 Å². The molecule has 0 bridgehead atoms. The molecule has 3 heteroatoms. The van der Waals surface area contributed by atoms with Crippen LogP contribution in [0.15, 0.2) is 18.2 Å². The number of amides is 1. The maximum Gasteiger partial charge on any atom is 0.254 e. The third kappa shape index (κ3) is 2.03. The summed E-state index contributed by atoms with van der Waals surface area (Å²) in [6.45, 7) is 5.74. The van der Waals surface area contributed by atoms with E-state index in [1.54, 1.807) is 18.2 Å². The Bertz CT molecular complexity index is 412. The van der Waals surface area contributed by atoms with Crippen molar-refractivity contribution < 1.29 is 9.90 Å². The van der Waals surface area contributed by atoms with E-state index in [-0.39, 0.29) is 11.7 Å². The molecule has 0 unspecified atom stereocenters. The molecule has 1 N–H and O–H groups in total. The summed E-state index contributed by atoms with van der Waals surface area (Å²) < 4.78 is 0. The summed E-state index contributed by atoms with van der Waals surface area (Å²) in [7, 11) is 0. The number of phenols is 1. The number of carbonyl (C=O) groups is 1. The van der Waals surface area contributed by atoms with Gasteiger partial charge in [-0.1, -0.05) is 13.8 Å². The standard InChI is InChI=1S/C13H17NO2/c1-9(2)5-6-14-8-10-7-11(15)3-4-12(10)13(14)16/h3-4,7,9,15H,5-6,8H2,1-2H3. The number of phenolic OH excluding ortho intramolecular Hbond substituents is 1. The minimum absolute atomic E-state index is 0.0932. The van der Waals surface area contributed by atoms with Crippen molar-refractivity contribution in [2.75, 3.05) is 6.54 Å². The van der Waals surface area contributed by atoms with Gasteiger partial charge in [-0.2, -0.15) is 0 Å². The smallest absolute Gasteiger partial charge is 0.254 e. The normalized spacial score (nSPS) is 14.7. The SMILES string of the molecule is CC(C)CCN1Cc2cc(O)ccc2C1=O. The van der Waals surface area contributed by atoms with Crippen molar-refractivity contribution in [3.63, 3.8) is 0 Å². The largest absolute Gasteiger partial charge is 0.508 e. The molecule has 3 nitrogen and oxygen atoms in total. The van der Waals surface area contributed by atoms with Crippen LogP contribution in [0.25, 0.3) is 0 Å². The molecule has 2 rings (SSSR count). The first-order valence-electron chi connectivity index (χ1n) is 5.69. The number of nitrogens with zero attached hydrogens (tertiary/aromatic N) is 1. The number of hydrogen-bond donors (Lipinski definition) is 1. The summed E-state index contributed by atoms with van der Waals surface area (Å²) in [6.07, 6.45) is 1.02. The first kappa shape index (κ1) is 11.0. The lowest BCUT2D eigenvalue weighted by Crippen LogP contribution is -2.25. The summed E-state index contributed by atoms with van der Waals surface area (Å²) >= 11 is 0. The molecule has 0 saturated heterocycles. The molecule has 16 heavy (non-hydrogen) atoms. The van der Waals surface area contributed by atoms with Gasteiger partial charge in [0.15, 0.2) is 0 Å². The minimum atomic E-state index is 0.0932. The highest BCUT2D eigenvalue weighted by atomic mass is 16.3. The lowest BCUT2D eigenvalue weighted by Gasteiger charge is -2.16. The van der Waals surface area contributed by atoms with Crippen molar-refractivity contribution in [2.45, 2.75) is 26.8 Å². The Morgan fingerprint density at radius 2 is 2.19 bits per heavy atom. The number of benzene rings is 1. The van der Waals surface area contributed by atoms with E-state index in [2.05, 4.69) is 13.8 Å². The summed E-state index contributed by atoms with van der Waals surface area (Å²) in [6, 6.07) is 4.97. The van der Waals surface area contributed by atoms with Crippen molar-refractivity contribution in [3.8, 4) is 5.75 Å². The molecule has 0 aliphatic carbocycles. The van der Waals surface area contributed by atoms with E-state index in [4.69, 9.17) is 0 Å². The molecule has 1 aromatic carbocycles. The quantitative estimate of drug-likeness (QED) is 0.848. The molecule has 1 heterocycles. The first-order valence-corrected chi connectivity index (χ1v) is 5.69. The van der Waals surface area contributed by atoms with E-state index < -0.39 is 0 Å². The van der Waals surface area contributed by atoms with Crippen LogP contribution >= 0.6 is 0 Å². The van der Waals surface area contributed by atoms with Gasteiger partial charge in [0.1, 0.15) is 5.75 Å². The second-order valence-corrected chi connectivity index (χ2v) is 4.75. The molecule has 0 fully saturated rings. The summed E-state index contributed by atoms with van der Waals surface area (Å²) in [5.41, 5.74) is 1.68. The molecular weight excluding hydrogens is 202 g/mol. The van der Waals surface area contributed by atoms with Crippen LogP contribution in [0.3, 0.4) is 0 Å². The molecule has 1 aliphatic rings. The zero-order valence-electron chi connectivity index (χ0n) is 9.73. The summed E-state index contributed by atoms with van der Waals surface area (Å²) in [5.74, 6) is 0.929. The topological polar surface area (TPSA) is 40.5 Å². The molecule has 1 aromatic rings. The van der Waals surface area contributed by atoms with Gasteiger partial charge in [-0.25, -0.2) is 0 Å². The Labute approximate surface area is 95.7 Å². The van der Waals surface area contributed by atoms with Gasteiger partial charge < -0.3 is 10.0 Å². The first-order chi connectivity index (χ1) is 7.58. The van der Waals surface area contributed by atoms with Crippen molar-refractivity contribution >= 4 is 5.91 Å². The van der Waals surface area contributed by atoms with Crippen molar-refractivity contribution in [1.29, 1.82) is 0 Å². The van der Waals surface area contributed by atoms with Crippen LogP contribution in [-0.2, 0) is 6.54 Å². The van der Waals surface area contributed by atoms with Crippen molar-refractivity contribution in [1.82, 2.24) is 4.90 Å². The molecule has 0 saturated carbocycles. The molecule has 0 spiro atoms. The number of carbonyl (C=O) groups excluding carboxylic acids is 1. The van der Waals surface area contributed by atoms with Gasteiger partial charge in [0, 0.05) is 18.7 Å². The van der Waals surface area contributed by atoms with Crippen LogP contribution in [0.5, 0.6) is 5.75 Å². The van der Waals surface area contributed by atoms with Gasteiger partial charge in [0.25, 0.3) is 5.91 Å². The number of rotatable bonds is 3. The Hall–Kier alpha value is -1.51. The zero-order chi connectivity index (χ0) is 11.7. The maximum atomic E-state index is 12.0.